The third-order valence-corrected chi connectivity index (χ3v) is 8.61. The van der Waals surface area contributed by atoms with Crippen LogP contribution in [0, 0.1) is 13.8 Å². The first kappa shape index (κ1) is 23.8. The summed E-state index contributed by atoms with van der Waals surface area (Å²) in [6.45, 7) is 6.03. The summed E-state index contributed by atoms with van der Waals surface area (Å²) in [5.74, 6) is 0.404. The summed E-state index contributed by atoms with van der Waals surface area (Å²) in [7, 11) is -2.22. The van der Waals surface area contributed by atoms with Crippen LogP contribution in [0.1, 0.15) is 27.7 Å². The van der Waals surface area contributed by atoms with Crippen LogP contribution in [0.3, 0.4) is 0 Å². The number of methoxy groups -OCH3 is 1. The number of nitrogens with zero attached hydrogens (tertiary/aromatic N) is 1. The minimum absolute atomic E-state index is 0.187. The van der Waals surface area contributed by atoms with E-state index in [1.54, 1.807) is 31.2 Å². The topological polar surface area (TPSA) is 75.7 Å². The lowest BCUT2D eigenvalue weighted by Gasteiger charge is -2.23. The number of hydrogen-bond acceptors (Lipinski definition) is 5. The highest BCUT2D eigenvalue weighted by Gasteiger charge is 2.24. The van der Waals surface area contributed by atoms with Crippen molar-refractivity contribution in [3.05, 3.63) is 82.7 Å². The molecule has 8 heteroatoms. The van der Waals surface area contributed by atoms with E-state index in [-0.39, 0.29) is 17.3 Å². The second-order valence-electron chi connectivity index (χ2n) is 7.95. The maximum atomic E-state index is 13.3. The van der Waals surface area contributed by atoms with Gasteiger partial charge in [0.2, 0.25) is 0 Å². The van der Waals surface area contributed by atoms with Gasteiger partial charge in [0, 0.05) is 16.9 Å². The van der Waals surface area contributed by atoms with Crippen LogP contribution in [0.15, 0.2) is 71.6 Å². The van der Waals surface area contributed by atoms with Crippen molar-refractivity contribution in [1.29, 1.82) is 0 Å². The highest BCUT2D eigenvalue weighted by molar-refractivity contribution is 7.92. The number of hydrogen-bond donors (Lipinski definition) is 1. The van der Waals surface area contributed by atoms with E-state index in [9.17, 15) is 13.2 Å². The average Bonchev–Trinajstić information content (AvgIpc) is 3.25. The van der Waals surface area contributed by atoms with E-state index >= 15 is 0 Å². The van der Waals surface area contributed by atoms with Gasteiger partial charge in [0.1, 0.15) is 5.75 Å². The van der Waals surface area contributed by atoms with Crippen LogP contribution < -0.4 is 14.4 Å². The largest absolute Gasteiger partial charge is 0.497 e. The molecular formula is C26H26N2O4S2. The van der Waals surface area contributed by atoms with Crippen molar-refractivity contribution in [2.24, 2.45) is 0 Å². The standard InChI is InChI=1S/C26H26N2O4S2/c1-5-28(34(30,31)22-10-8-21(32-4)9-11-22)20-7-13-24-19(15-20)16-25(33-24)26(29)27-23-12-6-17(2)14-18(23)3/h6-16H,5H2,1-4H3,(H,27,29). The minimum atomic E-state index is -3.75. The zero-order valence-electron chi connectivity index (χ0n) is 19.5. The number of amides is 1. The molecule has 1 aromatic heterocycles. The zero-order chi connectivity index (χ0) is 24.5. The maximum absolute atomic E-state index is 13.3. The van der Waals surface area contributed by atoms with Crippen molar-refractivity contribution >= 4 is 48.7 Å². The molecule has 0 spiro atoms. The monoisotopic (exact) mass is 494 g/mol. The molecule has 0 saturated heterocycles. The number of benzene rings is 3. The van der Waals surface area contributed by atoms with E-state index in [4.69, 9.17) is 4.74 Å². The molecule has 0 fully saturated rings. The first-order chi connectivity index (χ1) is 16.2. The Morgan fingerprint density at radius 2 is 1.74 bits per heavy atom. The molecule has 0 aliphatic heterocycles. The molecule has 1 N–H and O–H groups in total. The van der Waals surface area contributed by atoms with Crippen LogP contribution >= 0.6 is 11.3 Å². The lowest BCUT2D eigenvalue weighted by atomic mass is 10.1. The minimum Gasteiger partial charge on any atom is -0.497 e. The fourth-order valence-corrected chi connectivity index (χ4v) is 6.21. The number of nitrogens with one attached hydrogen (secondary N) is 1. The van der Waals surface area contributed by atoms with Crippen molar-refractivity contribution in [3.63, 3.8) is 0 Å². The number of carbonyl (C=O) groups is 1. The third kappa shape index (κ3) is 4.64. The molecule has 1 heterocycles. The fourth-order valence-electron chi connectivity index (χ4n) is 3.80. The number of ether oxygens (including phenoxy) is 1. The predicted molar refractivity (Wildman–Crippen MR) is 139 cm³/mol. The molecule has 0 atom stereocenters. The van der Waals surface area contributed by atoms with Gasteiger partial charge >= 0.3 is 0 Å². The SMILES string of the molecule is CCN(c1ccc2sc(C(=O)Nc3ccc(C)cc3C)cc2c1)S(=O)(=O)c1ccc(OC)cc1. The number of rotatable bonds is 7. The summed E-state index contributed by atoms with van der Waals surface area (Å²) in [6, 6.07) is 19.5. The number of carbonyl (C=O) groups excluding carboxylic acids is 1. The molecule has 0 saturated carbocycles. The molecule has 1 amide bonds. The number of fused-ring (bicyclic) bond motifs is 1. The molecule has 34 heavy (non-hydrogen) atoms. The fraction of sp³-hybridized carbons (Fsp3) is 0.192. The summed E-state index contributed by atoms with van der Waals surface area (Å²) >= 11 is 1.38. The molecule has 176 valence electrons. The highest BCUT2D eigenvalue weighted by Crippen LogP contribution is 2.32. The highest BCUT2D eigenvalue weighted by atomic mass is 32.2. The van der Waals surface area contributed by atoms with E-state index in [0.717, 1.165) is 26.9 Å². The molecular weight excluding hydrogens is 468 g/mol. The lowest BCUT2D eigenvalue weighted by molar-refractivity contribution is 0.103. The van der Waals surface area contributed by atoms with Gasteiger partial charge < -0.3 is 10.1 Å². The first-order valence-corrected chi connectivity index (χ1v) is 13.1. The second-order valence-corrected chi connectivity index (χ2v) is 10.9. The van der Waals surface area contributed by atoms with Crippen LogP contribution in [0.2, 0.25) is 0 Å². The van der Waals surface area contributed by atoms with Crippen molar-refractivity contribution in [3.8, 4) is 5.75 Å². The molecule has 0 bridgehead atoms. The third-order valence-electron chi connectivity index (χ3n) is 5.58. The van der Waals surface area contributed by atoms with Crippen LogP contribution in [0.25, 0.3) is 10.1 Å². The molecule has 0 unspecified atom stereocenters. The van der Waals surface area contributed by atoms with Crippen LogP contribution in [0.5, 0.6) is 5.75 Å². The summed E-state index contributed by atoms with van der Waals surface area (Å²) in [6.07, 6.45) is 0. The van der Waals surface area contributed by atoms with Gasteiger partial charge in [-0.1, -0.05) is 17.7 Å². The van der Waals surface area contributed by atoms with E-state index in [0.29, 0.717) is 16.3 Å². The lowest BCUT2D eigenvalue weighted by Crippen LogP contribution is -2.30. The van der Waals surface area contributed by atoms with Crippen LogP contribution in [-0.2, 0) is 10.0 Å². The van der Waals surface area contributed by atoms with Gasteiger partial charge in [0.25, 0.3) is 15.9 Å². The Morgan fingerprint density at radius 1 is 1.00 bits per heavy atom. The Hall–Kier alpha value is -3.36. The van der Waals surface area contributed by atoms with Gasteiger partial charge in [-0.15, -0.1) is 11.3 Å². The predicted octanol–water partition coefficient (Wildman–Crippen LogP) is 5.99. The van der Waals surface area contributed by atoms with Gasteiger partial charge in [-0.25, -0.2) is 8.42 Å². The van der Waals surface area contributed by atoms with E-state index in [2.05, 4.69) is 5.32 Å². The summed E-state index contributed by atoms with van der Waals surface area (Å²) < 4.78 is 34.0. The number of thiophene rings is 1. The number of sulfonamides is 1. The molecule has 0 aliphatic rings. The molecule has 4 aromatic rings. The van der Waals surface area contributed by atoms with Crippen LogP contribution in [0.4, 0.5) is 11.4 Å². The van der Waals surface area contributed by atoms with Gasteiger partial charge in [-0.2, -0.15) is 0 Å². The maximum Gasteiger partial charge on any atom is 0.265 e. The normalized spacial score (nSPS) is 11.4. The molecule has 4 rings (SSSR count). The van der Waals surface area contributed by atoms with E-state index in [1.165, 1.54) is 34.9 Å². The Labute approximate surface area is 203 Å². The van der Waals surface area contributed by atoms with Crippen LogP contribution in [-0.4, -0.2) is 28.0 Å². The zero-order valence-corrected chi connectivity index (χ0v) is 21.1. The first-order valence-electron chi connectivity index (χ1n) is 10.8. The summed E-state index contributed by atoms with van der Waals surface area (Å²) in [4.78, 5) is 13.6. The van der Waals surface area contributed by atoms with Crippen molar-refractivity contribution in [2.45, 2.75) is 25.7 Å². The smallest absolute Gasteiger partial charge is 0.265 e. The summed E-state index contributed by atoms with van der Waals surface area (Å²) in [5, 5.41) is 3.79. The molecule has 0 aliphatic carbocycles. The average molecular weight is 495 g/mol. The molecule has 0 radical (unpaired) electrons. The van der Waals surface area contributed by atoms with Crippen molar-refractivity contribution in [1.82, 2.24) is 0 Å². The van der Waals surface area contributed by atoms with Gasteiger partial charge in [0.05, 0.1) is 22.6 Å². The number of aryl methyl sites for hydroxylation is 2. The number of anilines is 2. The van der Waals surface area contributed by atoms with Crippen molar-refractivity contribution < 1.29 is 17.9 Å². The Kier molecular flexibility index (Phi) is 6.63. The molecule has 3 aromatic carbocycles. The van der Waals surface area contributed by atoms with E-state index in [1.807, 2.05) is 44.2 Å². The Morgan fingerprint density at radius 3 is 2.38 bits per heavy atom. The van der Waals surface area contributed by atoms with Gasteiger partial charge in [0.15, 0.2) is 0 Å². The van der Waals surface area contributed by atoms with E-state index < -0.39 is 10.0 Å². The summed E-state index contributed by atoms with van der Waals surface area (Å²) in [5.41, 5.74) is 3.45. The van der Waals surface area contributed by atoms with Gasteiger partial charge in [-0.3, -0.25) is 9.10 Å². The quantitative estimate of drug-likeness (QED) is 0.342. The van der Waals surface area contributed by atoms with Crippen molar-refractivity contribution in [2.75, 3.05) is 23.3 Å². The Balaban J connectivity index is 1.63. The molecule has 6 nitrogen and oxygen atoms in total. The second kappa shape index (κ2) is 9.48. The Bertz CT molecular complexity index is 1460. The van der Waals surface area contributed by atoms with Gasteiger partial charge in [-0.05, 0) is 86.3 Å².